The highest BCUT2D eigenvalue weighted by Crippen LogP contribution is 2.26. The van der Waals surface area contributed by atoms with Crippen molar-refractivity contribution in [2.75, 3.05) is 11.2 Å². The molecule has 2 rings (SSSR count). The second-order valence-corrected chi connectivity index (χ2v) is 8.75. The average Bonchev–Trinajstić information content (AvgIpc) is 3.15. The SMILES string of the molecule is CCCCCCCCCCCCCC1=NNC(C=S)N1c1cccc(SC)c1. The van der Waals surface area contributed by atoms with Gasteiger partial charge in [-0.25, -0.2) is 0 Å². The van der Waals surface area contributed by atoms with E-state index >= 15 is 0 Å². The Kier molecular flexibility index (Phi) is 11.6. The van der Waals surface area contributed by atoms with Crippen LogP contribution in [0.25, 0.3) is 0 Å². The topological polar surface area (TPSA) is 27.6 Å². The van der Waals surface area contributed by atoms with Gasteiger partial charge in [0.1, 0.15) is 12.0 Å². The van der Waals surface area contributed by atoms with Gasteiger partial charge in [0.15, 0.2) is 0 Å². The lowest BCUT2D eigenvalue weighted by Crippen LogP contribution is -2.41. The van der Waals surface area contributed by atoms with Crippen molar-refractivity contribution in [2.24, 2.45) is 5.10 Å². The molecule has 1 aromatic carbocycles. The van der Waals surface area contributed by atoms with Crippen LogP contribution in [-0.4, -0.2) is 23.6 Å². The fraction of sp³-hybridized carbons (Fsp3) is 0.652. The molecule has 0 bridgehead atoms. The van der Waals surface area contributed by atoms with Crippen LogP contribution < -0.4 is 10.3 Å². The number of nitrogens with zero attached hydrogens (tertiary/aromatic N) is 2. The summed E-state index contributed by atoms with van der Waals surface area (Å²) in [7, 11) is 0. The van der Waals surface area contributed by atoms with Gasteiger partial charge in [-0.15, -0.1) is 11.8 Å². The lowest BCUT2D eigenvalue weighted by Gasteiger charge is -2.25. The van der Waals surface area contributed by atoms with Crippen LogP contribution in [0.15, 0.2) is 34.3 Å². The van der Waals surface area contributed by atoms with Crippen molar-refractivity contribution in [1.82, 2.24) is 5.43 Å². The van der Waals surface area contributed by atoms with E-state index in [-0.39, 0.29) is 6.17 Å². The molecule has 0 radical (unpaired) electrons. The molecule has 0 fully saturated rings. The van der Waals surface area contributed by atoms with Gasteiger partial charge >= 0.3 is 0 Å². The van der Waals surface area contributed by atoms with E-state index in [1.54, 1.807) is 17.1 Å². The molecule has 1 heterocycles. The van der Waals surface area contributed by atoms with Gasteiger partial charge in [-0.1, -0.05) is 89.4 Å². The third-order valence-corrected chi connectivity index (χ3v) is 6.33. The van der Waals surface area contributed by atoms with E-state index in [1.165, 1.54) is 81.2 Å². The summed E-state index contributed by atoms with van der Waals surface area (Å²) in [6.07, 6.45) is 18.1. The highest BCUT2D eigenvalue weighted by Gasteiger charge is 2.26. The van der Waals surface area contributed by atoms with Crippen LogP contribution in [0.1, 0.15) is 84.0 Å². The van der Waals surface area contributed by atoms with Crippen LogP contribution in [-0.2, 0) is 0 Å². The first-order valence-corrected chi connectivity index (χ1v) is 12.7. The largest absolute Gasteiger partial charge is 0.302 e. The van der Waals surface area contributed by atoms with E-state index in [0.29, 0.717) is 0 Å². The van der Waals surface area contributed by atoms with Gasteiger partial charge in [-0.05, 0) is 30.9 Å². The van der Waals surface area contributed by atoms with Gasteiger partial charge in [0.2, 0.25) is 0 Å². The normalized spacial score (nSPS) is 16.1. The zero-order chi connectivity index (χ0) is 20.0. The third-order valence-electron chi connectivity index (χ3n) is 5.35. The van der Waals surface area contributed by atoms with E-state index in [2.05, 4.69) is 52.9 Å². The van der Waals surface area contributed by atoms with E-state index in [4.69, 9.17) is 12.2 Å². The number of thioether (sulfide) groups is 1. The standard InChI is InChI=1S/C23H37N3S2/c1-3-4-5-6-7-8-9-10-11-12-13-17-22-24-25-23(19-27)26(22)20-15-14-16-21(18-20)28-2/h14-16,18-19,23,25H,3-13,17H2,1-2H3. The molecule has 1 unspecified atom stereocenters. The number of hydrazone groups is 1. The molecule has 0 saturated heterocycles. The molecule has 0 saturated carbocycles. The van der Waals surface area contributed by atoms with Gasteiger partial charge in [0.05, 0.1) is 0 Å². The molecule has 0 aromatic heterocycles. The summed E-state index contributed by atoms with van der Waals surface area (Å²) in [6, 6.07) is 8.62. The molecule has 1 aliphatic heterocycles. The summed E-state index contributed by atoms with van der Waals surface area (Å²) in [5.74, 6) is 1.11. The smallest absolute Gasteiger partial charge is 0.150 e. The molecule has 3 nitrogen and oxygen atoms in total. The van der Waals surface area contributed by atoms with E-state index in [9.17, 15) is 0 Å². The predicted octanol–water partition coefficient (Wildman–Crippen LogP) is 7.16. The fourth-order valence-corrected chi connectivity index (χ4v) is 4.33. The summed E-state index contributed by atoms with van der Waals surface area (Å²) >= 11 is 6.99. The molecule has 1 N–H and O–H groups in total. The van der Waals surface area contributed by atoms with Crippen molar-refractivity contribution in [3.63, 3.8) is 0 Å². The maximum absolute atomic E-state index is 5.22. The number of hydrogen-bond donors (Lipinski definition) is 1. The highest BCUT2D eigenvalue weighted by molar-refractivity contribution is 7.98. The Morgan fingerprint density at radius 2 is 1.68 bits per heavy atom. The zero-order valence-corrected chi connectivity index (χ0v) is 19.3. The summed E-state index contributed by atoms with van der Waals surface area (Å²) < 4.78 is 0. The molecule has 1 aliphatic rings. The number of nitrogens with one attached hydrogen (secondary N) is 1. The van der Waals surface area contributed by atoms with Crippen LogP contribution >= 0.6 is 24.0 Å². The first-order valence-electron chi connectivity index (χ1n) is 11.0. The van der Waals surface area contributed by atoms with Gasteiger partial charge in [0, 0.05) is 22.4 Å². The molecule has 0 spiro atoms. The quantitative estimate of drug-likeness (QED) is 0.185. The first kappa shape index (κ1) is 23.2. The summed E-state index contributed by atoms with van der Waals surface area (Å²) in [6.45, 7) is 2.28. The Morgan fingerprint density at radius 3 is 2.29 bits per heavy atom. The Balaban J connectivity index is 1.67. The minimum absolute atomic E-state index is 0.0187. The van der Waals surface area contributed by atoms with Crippen molar-refractivity contribution in [3.05, 3.63) is 24.3 Å². The number of hydrogen-bond acceptors (Lipinski definition) is 5. The third kappa shape index (κ3) is 7.75. The number of anilines is 1. The number of thiocarbonyl (C=S) groups is 1. The molecule has 0 amide bonds. The lowest BCUT2D eigenvalue weighted by atomic mass is 10.0. The highest BCUT2D eigenvalue weighted by atomic mass is 32.2. The Hall–Kier alpha value is -1.07. The zero-order valence-electron chi connectivity index (χ0n) is 17.7. The van der Waals surface area contributed by atoms with Gasteiger partial charge in [-0.2, -0.15) is 5.10 Å². The van der Waals surface area contributed by atoms with Crippen molar-refractivity contribution >= 4 is 40.9 Å². The fourth-order valence-electron chi connectivity index (χ4n) is 3.70. The van der Waals surface area contributed by atoms with E-state index < -0.39 is 0 Å². The Labute approximate surface area is 181 Å². The van der Waals surface area contributed by atoms with Crippen molar-refractivity contribution in [3.8, 4) is 0 Å². The first-order chi connectivity index (χ1) is 13.8. The molecular formula is C23H37N3S2. The lowest BCUT2D eigenvalue weighted by molar-refractivity contribution is 0.551. The average molecular weight is 420 g/mol. The Morgan fingerprint density at radius 1 is 1.04 bits per heavy atom. The monoisotopic (exact) mass is 419 g/mol. The van der Waals surface area contributed by atoms with Crippen molar-refractivity contribution < 1.29 is 0 Å². The maximum Gasteiger partial charge on any atom is 0.150 e. The second-order valence-electron chi connectivity index (χ2n) is 7.60. The summed E-state index contributed by atoms with van der Waals surface area (Å²) in [4.78, 5) is 3.52. The number of rotatable bonds is 15. The van der Waals surface area contributed by atoms with Crippen molar-refractivity contribution in [2.45, 2.75) is 95.0 Å². The van der Waals surface area contributed by atoms with E-state index in [0.717, 1.165) is 12.3 Å². The molecule has 0 aliphatic carbocycles. The summed E-state index contributed by atoms with van der Waals surface area (Å²) in [5.41, 5.74) is 4.35. The number of amidine groups is 1. The predicted molar refractivity (Wildman–Crippen MR) is 130 cm³/mol. The van der Waals surface area contributed by atoms with Crippen molar-refractivity contribution in [1.29, 1.82) is 0 Å². The minimum atomic E-state index is -0.0187. The minimum Gasteiger partial charge on any atom is -0.302 e. The summed E-state index contributed by atoms with van der Waals surface area (Å²) in [5, 5.41) is 6.34. The van der Waals surface area contributed by atoms with Crippen LogP contribution in [0, 0.1) is 0 Å². The Bertz CT molecular complexity index is 603. The van der Waals surface area contributed by atoms with Gasteiger partial charge < -0.3 is 4.90 Å². The van der Waals surface area contributed by atoms with Crippen LogP contribution in [0.4, 0.5) is 5.69 Å². The molecule has 156 valence electrons. The van der Waals surface area contributed by atoms with Crippen LogP contribution in [0.3, 0.4) is 0 Å². The molecule has 28 heavy (non-hydrogen) atoms. The van der Waals surface area contributed by atoms with Crippen LogP contribution in [0.5, 0.6) is 0 Å². The van der Waals surface area contributed by atoms with Gasteiger partial charge in [-0.3, -0.25) is 5.43 Å². The molecular weight excluding hydrogens is 382 g/mol. The molecule has 1 atom stereocenters. The number of unbranched alkanes of at least 4 members (excludes halogenated alkanes) is 10. The second kappa shape index (κ2) is 14.0. The molecule has 5 heteroatoms. The molecule has 1 aromatic rings. The maximum atomic E-state index is 5.22. The van der Waals surface area contributed by atoms with Crippen LogP contribution in [0.2, 0.25) is 0 Å². The van der Waals surface area contributed by atoms with E-state index in [1.807, 2.05) is 0 Å². The number of benzene rings is 1. The van der Waals surface area contributed by atoms with Gasteiger partial charge in [0.25, 0.3) is 0 Å².